The van der Waals surface area contributed by atoms with Crippen LogP contribution in [0.25, 0.3) is 6.08 Å². The summed E-state index contributed by atoms with van der Waals surface area (Å²) >= 11 is 17.7. The van der Waals surface area contributed by atoms with Gasteiger partial charge < -0.3 is 5.21 Å². The van der Waals surface area contributed by atoms with Gasteiger partial charge >= 0.3 is 0 Å². The molecule has 0 unspecified atom stereocenters. The quantitative estimate of drug-likeness (QED) is 0.409. The highest BCUT2D eigenvalue weighted by atomic mass is 35.5. The largest absolute Gasteiger partial charge is 0.600 e. The van der Waals surface area contributed by atoms with Crippen LogP contribution in [0.1, 0.15) is 25.3 Å². The number of benzene rings is 1. The van der Waals surface area contributed by atoms with E-state index < -0.39 is 0 Å². The fourth-order valence-electron chi connectivity index (χ4n) is 1.25. The first kappa shape index (κ1) is 15.3. The molecule has 98 valence electrons. The number of hydrogen-bond acceptors (Lipinski definition) is 2. The Morgan fingerprint density at radius 2 is 1.89 bits per heavy atom. The van der Waals surface area contributed by atoms with E-state index in [9.17, 15) is 5.21 Å². The summed E-state index contributed by atoms with van der Waals surface area (Å²) in [5, 5.41) is 16.2. The fraction of sp³-hybridized carbons (Fsp3) is 0.333. The Morgan fingerprint density at radius 1 is 1.28 bits per heavy atom. The van der Waals surface area contributed by atoms with Crippen molar-refractivity contribution >= 4 is 40.9 Å². The topological polar surface area (TPSA) is 38.4 Å². The van der Waals surface area contributed by atoms with Crippen molar-refractivity contribution in [1.82, 2.24) is 0 Å². The molecule has 0 atom stereocenters. The first-order valence-corrected chi connectivity index (χ1v) is 6.64. The summed E-state index contributed by atoms with van der Waals surface area (Å²) in [6.07, 6.45) is 4.72. The number of rotatable bonds is 5. The average molecular weight is 308 g/mol. The maximum atomic E-state index is 11.2. The van der Waals surface area contributed by atoms with Crippen LogP contribution in [0.15, 0.2) is 23.4 Å². The summed E-state index contributed by atoms with van der Waals surface area (Å²) in [5.41, 5.74) is 0.593. The van der Waals surface area contributed by atoms with Crippen LogP contribution in [0.2, 0.25) is 15.1 Å². The lowest BCUT2D eigenvalue weighted by atomic mass is 10.2. The van der Waals surface area contributed by atoms with Crippen LogP contribution in [0.3, 0.4) is 0 Å². The zero-order valence-corrected chi connectivity index (χ0v) is 12.1. The van der Waals surface area contributed by atoms with Gasteiger partial charge in [-0.2, -0.15) is 0 Å². The molecule has 0 amide bonds. The second-order valence-electron chi connectivity index (χ2n) is 3.64. The van der Waals surface area contributed by atoms with Crippen molar-refractivity contribution in [2.24, 2.45) is 5.11 Å². The van der Waals surface area contributed by atoms with Crippen LogP contribution in [0.5, 0.6) is 0 Å². The van der Waals surface area contributed by atoms with Gasteiger partial charge in [0.25, 0.3) is 0 Å². The minimum Gasteiger partial charge on any atom is -0.600 e. The zero-order chi connectivity index (χ0) is 13.5. The fourth-order valence-corrected chi connectivity index (χ4v) is 2.19. The first-order chi connectivity index (χ1) is 8.54. The molecule has 0 aliphatic heterocycles. The summed E-state index contributed by atoms with van der Waals surface area (Å²) < 4.78 is 0. The Hall–Kier alpha value is -0.770. The maximum absolute atomic E-state index is 11.2. The van der Waals surface area contributed by atoms with Crippen LogP contribution >= 0.6 is 34.8 Å². The lowest BCUT2D eigenvalue weighted by Gasteiger charge is -2.02. The SMILES string of the molecule is CCCC[N+]([O-])=N/C=C/c1c(Cl)cc(Cl)cc1Cl. The summed E-state index contributed by atoms with van der Waals surface area (Å²) in [5.74, 6) is 0. The molecule has 0 N–H and O–H groups in total. The van der Waals surface area contributed by atoms with Gasteiger partial charge in [0.05, 0.1) is 16.2 Å². The van der Waals surface area contributed by atoms with E-state index in [4.69, 9.17) is 34.8 Å². The van der Waals surface area contributed by atoms with E-state index in [0.29, 0.717) is 32.0 Å². The minimum absolute atomic E-state index is 0.378. The number of hydrogen-bond donors (Lipinski definition) is 0. The third-order valence-electron chi connectivity index (χ3n) is 2.18. The Bertz CT molecular complexity index is 449. The summed E-state index contributed by atoms with van der Waals surface area (Å²) in [6, 6.07) is 3.17. The zero-order valence-electron chi connectivity index (χ0n) is 9.87. The second kappa shape index (κ2) is 7.62. The summed E-state index contributed by atoms with van der Waals surface area (Å²) in [4.78, 5) is 0.637. The van der Waals surface area contributed by atoms with Gasteiger partial charge in [-0.05, 0) is 23.3 Å². The first-order valence-electron chi connectivity index (χ1n) is 5.51. The highest BCUT2D eigenvalue weighted by molar-refractivity contribution is 6.40. The molecular formula is C12H13Cl3N2O. The molecule has 3 nitrogen and oxygen atoms in total. The van der Waals surface area contributed by atoms with Crippen molar-refractivity contribution in [3.63, 3.8) is 0 Å². The predicted octanol–water partition coefficient (Wildman–Crippen LogP) is 5.38. The molecule has 18 heavy (non-hydrogen) atoms. The molecule has 0 spiro atoms. The second-order valence-corrected chi connectivity index (χ2v) is 4.89. The number of nitrogens with zero attached hydrogens (tertiary/aromatic N) is 2. The average Bonchev–Trinajstić information content (AvgIpc) is 2.29. The molecule has 1 rings (SSSR count). The number of hydroxylamine groups is 1. The van der Waals surface area contributed by atoms with Crippen molar-refractivity contribution < 1.29 is 4.86 Å². The van der Waals surface area contributed by atoms with E-state index in [1.165, 1.54) is 6.20 Å². The lowest BCUT2D eigenvalue weighted by molar-refractivity contribution is -0.526. The molecule has 0 aromatic heterocycles. The van der Waals surface area contributed by atoms with Crippen molar-refractivity contribution in [3.05, 3.63) is 44.2 Å². The number of unbranched alkanes of at least 4 members (excludes halogenated alkanes) is 1. The van der Waals surface area contributed by atoms with E-state index >= 15 is 0 Å². The molecule has 0 saturated heterocycles. The van der Waals surface area contributed by atoms with Crippen LogP contribution in [-0.4, -0.2) is 11.4 Å². The normalized spacial score (nSPS) is 12.3. The van der Waals surface area contributed by atoms with E-state index in [1.54, 1.807) is 18.2 Å². The minimum atomic E-state index is 0.378. The van der Waals surface area contributed by atoms with Gasteiger partial charge in [-0.25, -0.2) is 0 Å². The highest BCUT2D eigenvalue weighted by Crippen LogP contribution is 2.29. The van der Waals surface area contributed by atoms with Crippen LogP contribution < -0.4 is 0 Å². The molecule has 1 aromatic carbocycles. The van der Waals surface area contributed by atoms with Crippen LogP contribution in [0.4, 0.5) is 0 Å². The molecule has 0 aliphatic rings. The van der Waals surface area contributed by atoms with Crippen molar-refractivity contribution in [2.75, 3.05) is 6.54 Å². The van der Waals surface area contributed by atoms with Crippen molar-refractivity contribution in [3.8, 4) is 0 Å². The van der Waals surface area contributed by atoms with Gasteiger partial charge in [0.1, 0.15) is 0 Å². The Morgan fingerprint density at radius 3 is 2.44 bits per heavy atom. The van der Waals surface area contributed by atoms with Gasteiger partial charge in [-0.3, -0.25) is 0 Å². The van der Waals surface area contributed by atoms with Crippen molar-refractivity contribution in [2.45, 2.75) is 19.8 Å². The molecule has 0 fully saturated rings. The van der Waals surface area contributed by atoms with E-state index in [-0.39, 0.29) is 0 Å². The smallest absolute Gasteiger partial charge is 0.180 e. The van der Waals surface area contributed by atoms with Gasteiger partial charge in [0.15, 0.2) is 6.54 Å². The Kier molecular flexibility index (Phi) is 6.47. The Balaban J connectivity index is 2.79. The molecule has 1 aromatic rings. The maximum Gasteiger partial charge on any atom is 0.180 e. The molecule has 6 heteroatoms. The van der Waals surface area contributed by atoms with Crippen LogP contribution in [-0.2, 0) is 0 Å². The van der Waals surface area contributed by atoms with E-state index in [2.05, 4.69) is 5.11 Å². The number of halogens is 3. The molecule has 0 saturated carbocycles. The molecule has 0 heterocycles. The molecule has 0 aliphatic carbocycles. The summed E-state index contributed by atoms with van der Waals surface area (Å²) in [7, 11) is 0. The molecular weight excluding hydrogens is 295 g/mol. The highest BCUT2D eigenvalue weighted by Gasteiger charge is 2.04. The van der Waals surface area contributed by atoms with Gasteiger partial charge in [0.2, 0.25) is 0 Å². The third-order valence-corrected chi connectivity index (χ3v) is 3.03. The van der Waals surface area contributed by atoms with Crippen molar-refractivity contribution in [1.29, 1.82) is 0 Å². The van der Waals surface area contributed by atoms with Gasteiger partial charge in [0, 0.05) is 17.0 Å². The predicted molar refractivity (Wildman–Crippen MR) is 76.3 cm³/mol. The van der Waals surface area contributed by atoms with Crippen LogP contribution in [0, 0.1) is 5.21 Å². The Labute approximate surface area is 121 Å². The van der Waals surface area contributed by atoms with Gasteiger partial charge in [-0.1, -0.05) is 53.0 Å². The molecule has 0 radical (unpaired) electrons. The standard InChI is InChI=1S/C12H13Cl3N2O/c1-2-3-6-17(18)16-5-4-10-11(14)7-9(13)8-12(10)15/h4-5,7-8H,2-3,6H2,1H3/b5-4+,17-16?. The number of azo groups is 1. The van der Waals surface area contributed by atoms with E-state index in [0.717, 1.165) is 12.8 Å². The summed E-state index contributed by atoms with van der Waals surface area (Å²) in [6.45, 7) is 2.39. The van der Waals surface area contributed by atoms with E-state index in [1.807, 2.05) is 6.92 Å². The molecule has 0 bridgehead atoms. The third kappa shape index (κ3) is 4.84. The van der Waals surface area contributed by atoms with Gasteiger partial charge in [-0.15, -0.1) is 0 Å². The lowest BCUT2D eigenvalue weighted by Crippen LogP contribution is -2.00. The monoisotopic (exact) mass is 306 g/mol.